The molecule has 0 aromatic rings. The van der Waals surface area contributed by atoms with E-state index in [-0.39, 0.29) is 7.43 Å². The number of piperidine rings is 1. The van der Waals surface area contributed by atoms with Gasteiger partial charge in [0.25, 0.3) is 0 Å². The van der Waals surface area contributed by atoms with Crippen LogP contribution in [0.4, 0.5) is 0 Å². The molecule has 1 unspecified atom stereocenters. The fraction of sp³-hybridized carbons (Fsp3) is 0.750. The molecule has 1 aliphatic rings. The molecule has 1 saturated heterocycles. The van der Waals surface area contributed by atoms with Crippen molar-refractivity contribution in [3.8, 4) is 0 Å². The van der Waals surface area contributed by atoms with Gasteiger partial charge in [-0.3, -0.25) is 0 Å². The van der Waals surface area contributed by atoms with E-state index in [2.05, 4.69) is 17.2 Å². The van der Waals surface area contributed by atoms with Gasteiger partial charge in [0.1, 0.15) is 0 Å². The Morgan fingerprint density at radius 2 is 2.40 bits per heavy atom. The zero-order valence-corrected chi connectivity index (χ0v) is 5.91. The average Bonchev–Trinajstić information content (AvgIpc) is 1.88. The zero-order valence-electron chi connectivity index (χ0n) is 5.91. The monoisotopic (exact) mass is 142 g/mol. The van der Waals surface area contributed by atoms with Gasteiger partial charge in [-0.1, -0.05) is 19.6 Å². The van der Waals surface area contributed by atoms with E-state index >= 15 is 0 Å². The predicted octanol–water partition coefficient (Wildman–Crippen LogP) is 1.11. The summed E-state index contributed by atoms with van der Waals surface area (Å²) in [6, 6.07) is 0. The molecule has 2 N–H and O–H groups in total. The maximum absolute atomic E-state index is 3.93. The number of hydrogen-bond donors (Lipinski definition) is 2. The summed E-state index contributed by atoms with van der Waals surface area (Å²) >= 11 is 0. The third-order valence-electron chi connectivity index (χ3n) is 1.71. The van der Waals surface area contributed by atoms with Gasteiger partial charge in [0.05, 0.1) is 6.17 Å². The summed E-state index contributed by atoms with van der Waals surface area (Å²) in [5, 5.41) is 6.49. The molecule has 0 aromatic heterocycles. The topological polar surface area (TPSA) is 24.1 Å². The molecule has 2 heteroatoms. The van der Waals surface area contributed by atoms with Crippen LogP contribution >= 0.6 is 0 Å². The summed E-state index contributed by atoms with van der Waals surface area (Å²) in [4.78, 5) is 0. The summed E-state index contributed by atoms with van der Waals surface area (Å²) in [5.74, 6) is 0. The summed E-state index contributed by atoms with van der Waals surface area (Å²) in [7, 11) is 1.97. The maximum Gasteiger partial charge on any atom is 0.0607 e. The van der Waals surface area contributed by atoms with Crippen LogP contribution in [-0.4, -0.2) is 19.8 Å². The number of nitrogens with one attached hydrogen (secondary N) is 2. The fourth-order valence-electron chi connectivity index (χ4n) is 1.09. The lowest BCUT2D eigenvalue weighted by molar-refractivity contribution is 0.417. The van der Waals surface area contributed by atoms with E-state index in [0.717, 1.165) is 19.4 Å². The van der Waals surface area contributed by atoms with Crippen LogP contribution in [0.15, 0.2) is 12.2 Å². The van der Waals surface area contributed by atoms with Crippen LogP contribution in [0, 0.1) is 0 Å². The first-order valence-electron chi connectivity index (χ1n) is 3.40. The van der Waals surface area contributed by atoms with Gasteiger partial charge in [-0.2, -0.15) is 0 Å². The van der Waals surface area contributed by atoms with Crippen molar-refractivity contribution in [2.75, 3.05) is 13.6 Å². The van der Waals surface area contributed by atoms with E-state index in [1.807, 2.05) is 7.05 Å². The Morgan fingerprint density at radius 3 is 2.80 bits per heavy atom. The van der Waals surface area contributed by atoms with Gasteiger partial charge < -0.3 is 10.6 Å². The van der Waals surface area contributed by atoms with Gasteiger partial charge in [-0.25, -0.2) is 0 Å². The average molecular weight is 142 g/mol. The summed E-state index contributed by atoms with van der Waals surface area (Å²) in [6.07, 6.45) is 2.68. The van der Waals surface area contributed by atoms with Crippen molar-refractivity contribution in [1.82, 2.24) is 10.6 Å². The second-order valence-electron chi connectivity index (χ2n) is 2.50. The minimum atomic E-state index is 0. The third-order valence-corrected chi connectivity index (χ3v) is 1.71. The maximum atomic E-state index is 3.93. The van der Waals surface area contributed by atoms with Crippen molar-refractivity contribution < 1.29 is 0 Å². The van der Waals surface area contributed by atoms with Crippen LogP contribution in [0.5, 0.6) is 0 Å². The van der Waals surface area contributed by atoms with E-state index in [1.165, 1.54) is 5.57 Å². The molecule has 2 nitrogen and oxygen atoms in total. The molecule has 0 aliphatic carbocycles. The largest absolute Gasteiger partial charge is 0.305 e. The highest BCUT2D eigenvalue weighted by Gasteiger charge is 2.11. The minimum Gasteiger partial charge on any atom is -0.305 e. The first-order valence-corrected chi connectivity index (χ1v) is 3.40. The van der Waals surface area contributed by atoms with Crippen molar-refractivity contribution in [3.63, 3.8) is 0 Å². The molecule has 1 atom stereocenters. The van der Waals surface area contributed by atoms with Crippen LogP contribution in [0.1, 0.15) is 20.3 Å². The molecule has 0 aromatic carbocycles. The lowest BCUT2D eigenvalue weighted by atomic mass is 10.1. The van der Waals surface area contributed by atoms with E-state index in [4.69, 9.17) is 0 Å². The van der Waals surface area contributed by atoms with Crippen molar-refractivity contribution in [2.45, 2.75) is 26.4 Å². The molecular weight excluding hydrogens is 124 g/mol. The summed E-state index contributed by atoms with van der Waals surface area (Å²) in [6.45, 7) is 5.01. The molecule has 1 heterocycles. The molecule has 10 heavy (non-hydrogen) atoms. The highest BCUT2D eigenvalue weighted by atomic mass is 15.1. The van der Waals surface area contributed by atoms with Crippen molar-refractivity contribution in [2.24, 2.45) is 0 Å². The lowest BCUT2D eigenvalue weighted by Gasteiger charge is -2.24. The van der Waals surface area contributed by atoms with Crippen molar-refractivity contribution in [3.05, 3.63) is 12.2 Å². The minimum absolute atomic E-state index is 0. The lowest BCUT2D eigenvalue weighted by Crippen LogP contribution is -2.43. The van der Waals surface area contributed by atoms with Crippen LogP contribution in [0.3, 0.4) is 0 Å². The van der Waals surface area contributed by atoms with Gasteiger partial charge in [-0.05, 0) is 19.9 Å². The molecule has 1 rings (SSSR count). The van der Waals surface area contributed by atoms with Crippen molar-refractivity contribution in [1.29, 1.82) is 0 Å². The van der Waals surface area contributed by atoms with Crippen LogP contribution in [0.2, 0.25) is 0 Å². The molecule has 0 amide bonds. The van der Waals surface area contributed by atoms with Gasteiger partial charge >= 0.3 is 0 Å². The van der Waals surface area contributed by atoms with Gasteiger partial charge in [0, 0.05) is 6.54 Å². The predicted molar refractivity (Wildman–Crippen MR) is 46.0 cm³/mol. The van der Waals surface area contributed by atoms with E-state index in [0.29, 0.717) is 6.17 Å². The van der Waals surface area contributed by atoms with Crippen LogP contribution in [0.25, 0.3) is 0 Å². The molecular formula is C8H18N2. The van der Waals surface area contributed by atoms with Gasteiger partial charge in [0.2, 0.25) is 0 Å². The molecule has 0 spiro atoms. The van der Waals surface area contributed by atoms with Crippen LogP contribution in [-0.2, 0) is 0 Å². The first kappa shape index (κ1) is 9.66. The Bertz CT molecular complexity index is 110. The number of hydrogen-bond acceptors (Lipinski definition) is 2. The van der Waals surface area contributed by atoms with E-state index in [1.54, 1.807) is 0 Å². The Morgan fingerprint density at radius 1 is 1.70 bits per heavy atom. The molecule has 0 radical (unpaired) electrons. The highest BCUT2D eigenvalue weighted by Crippen LogP contribution is 2.09. The summed E-state index contributed by atoms with van der Waals surface area (Å²) in [5.41, 5.74) is 1.35. The third kappa shape index (κ3) is 2.50. The van der Waals surface area contributed by atoms with Gasteiger partial charge in [0.15, 0.2) is 0 Å². The molecule has 1 aliphatic heterocycles. The van der Waals surface area contributed by atoms with Crippen LogP contribution < -0.4 is 10.6 Å². The number of rotatable bonds is 1. The van der Waals surface area contributed by atoms with Gasteiger partial charge in [-0.15, -0.1) is 0 Å². The molecule has 0 bridgehead atoms. The summed E-state index contributed by atoms with van der Waals surface area (Å²) < 4.78 is 0. The smallest absolute Gasteiger partial charge is 0.0607 e. The molecule has 60 valence electrons. The second kappa shape index (κ2) is 4.47. The molecule has 1 fully saturated rings. The van der Waals surface area contributed by atoms with E-state index < -0.39 is 0 Å². The Hall–Kier alpha value is -0.340. The fourth-order valence-corrected chi connectivity index (χ4v) is 1.09. The highest BCUT2D eigenvalue weighted by molar-refractivity contribution is 5.00. The quantitative estimate of drug-likeness (QED) is 0.536. The Labute approximate surface area is 63.7 Å². The molecule has 0 saturated carbocycles. The standard InChI is InChI=1S/C7H14N2.CH4/c1-6-3-4-9-7(5-6)8-2;/h7-9H,1,3-5H2,2H3;1H4. The first-order chi connectivity index (χ1) is 4.33. The normalized spacial score (nSPS) is 25.7. The second-order valence-corrected chi connectivity index (χ2v) is 2.50. The van der Waals surface area contributed by atoms with Crippen molar-refractivity contribution >= 4 is 0 Å². The van der Waals surface area contributed by atoms with E-state index in [9.17, 15) is 0 Å². The Kier molecular flexibility index (Phi) is 4.32. The zero-order chi connectivity index (χ0) is 6.69. The Balaban J connectivity index is 0.000000810. The SMILES string of the molecule is C.C=C1CCNC(NC)C1.